The zero-order valence-corrected chi connectivity index (χ0v) is 12.6. The summed E-state index contributed by atoms with van der Waals surface area (Å²) < 4.78 is 1.17. The molecule has 2 aromatic rings. The SMILES string of the molecule is CNC1(c2nccs2)CCc2cc(Br)ccc2C1. The Kier molecular flexibility index (Phi) is 3.26. The van der Waals surface area contributed by atoms with Gasteiger partial charge >= 0.3 is 0 Å². The number of nitrogens with one attached hydrogen (secondary N) is 1. The molecule has 0 amide bonds. The molecule has 0 saturated heterocycles. The molecule has 1 unspecified atom stereocenters. The molecule has 0 bridgehead atoms. The number of benzene rings is 1. The van der Waals surface area contributed by atoms with Crippen LogP contribution in [0.4, 0.5) is 0 Å². The van der Waals surface area contributed by atoms with Gasteiger partial charge in [0, 0.05) is 16.0 Å². The molecule has 4 heteroatoms. The summed E-state index contributed by atoms with van der Waals surface area (Å²) in [5.74, 6) is 0. The molecule has 1 aromatic heterocycles. The summed E-state index contributed by atoms with van der Waals surface area (Å²) in [6, 6.07) is 6.61. The molecule has 1 aromatic carbocycles. The summed E-state index contributed by atoms with van der Waals surface area (Å²) in [5.41, 5.74) is 2.93. The molecule has 3 rings (SSSR count). The average Bonchev–Trinajstić information content (AvgIpc) is 2.93. The molecule has 1 N–H and O–H groups in total. The third kappa shape index (κ3) is 2.02. The van der Waals surface area contributed by atoms with Gasteiger partial charge < -0.3 is 5.32 Å². The lowest BCUT2D eigenvalue weighted by Crippen LogP contribution is -2.44. The standard InChI is InChI=1S/C14H15BrN2S/c1-16-14(13-17-6-7-18-13)5-4-10-8-12(15)3-2-11(10)9-14/h2-3,6-8,16H,4-5,9H2,1H3. The quantitative estimate of drug-likeness (QED) is 0.915. The lowest BCUT2D eigenvalue weighted by Gasteiger charge is -2.36. The number of rotatable bonds is 2. The largest absolute Gasteiger partial charge is 0.308 e. The highest BCUT2D eigenvalue weighted by Gasteiger charge is 2.36. The zero-order chi connectivity index (χ0) is 12.6. The van der Waals surface area contributed by atoms with Crippen LogP contribution in [0.5, 0.6) is 0 Å². The fraction of sp³-hybridized carbons (Fsp3) is 0.357. The maximum atomic E-state index is 4.52. The third-order valence-corrected chi connectivity index (χ3v) is 5.27. The number of thiazole rings is 1. The summed E-state index contributed by atoms with van der Waals surface area (Å²) in [5, 5.41) is 6.78. The fourth-order valence-electron chi connectivity index (χ4n) is 2.72. The molecular formula is C14H15BrN2S. The Morgan fingerprint density at radius 2 is 2.28 bits per heavy atom. The van der Waals surface area contributed by atoms with Crippen molar-refractivity contribution in [3.8, 4) is 0 Å². The number of nitrogens with zero attached hydrogens (tertiary/aromatic N) is 1. The Balaban J connectivity index is 2.00. The average molecular weight is 323 g/mol. The summed E-state index contributed by atoms with van der Waals surface area (Å²) >= 11 is 5.30. The van der Waals surface area contributed by atoms with E-state index in [4.69, 9.17) is 0 Å². The topological polar surface area (TPSA) is 24.9 Å². The van der Waals surface area contributed by atoms with Gasteiger partial charge in [-0.1, -0.05) is 22.0 Å². The van der Waals surface area contributed by atoms with Gasteiger partial charge in [0.15, 0.2) is 0 Å². The van der Waals surface area contributed by atoms with Crippen molar-refractivity contribution in [2.24, 2.45) is 0 Å². The van der Waals surface area contributed by atoms with Crippen LogP contribution in [0.2, 0.25) is 0 Å². The van der Waals surface area contributed by atoms with Crippen LogP contribution in [0.1, 0.15) is 22.6 Å². The van der Waals surface area contributed by atoms with Crippen LogP contribution in [0, 0.1) is 0 Å². The highest BCUT2D eigenvalue weighted by atomic mass is 79.9. The first-order chi connectivity index (χ1) is 8.73. The second kappa shape index (κ2) is 4.76. The Morgan fingerprint density at radius 1 is 1.39 bits per heavy atom. The molecule has 0 spiro atoms. The van der Waals surface area contributed by atoms with Crippen LogP contribution in [0.3, 0.4) is 0 Å². The van der Waals surface area contributed by atoms with Gasteiger partial charge in [0.05, 0.1) is 5.54 Å². The van der Waals surface area contributed by atoms with Crippen LogP contribution in [0.25, 0.3) is 0 Å². The minimum Gasteiger partial charge on any atom is -0.308 e. The predicted molar refractivity (Wildman–Crippen MR) is 79.0 cm³/mol. The van der Waals surface area contributed by atoms with E-state index in [0.29, 0.717) is 0 Å². The molecule has 0 saturated carbocycles. The van der Waals surface area contributed by atoms with Crippen LogP contribution >= 0.6 is 27.3 Å². The molecule has 0 radical (unpaired) electrons. The number of aryl methyl sites for hydroxylation is 1. The maximum Gasteiger partial charge on any atom is 0.113 e. The Bertz CT molecular complexity index is 553. The van der Waals surface area contributed by atoms with E-state index in [2.05, 4.69) is 49.8 Å². The zero-order valence-electron chi connectivity index (χ0n) is 10.2. The van der Waals surface area contributed by atoms with Gasteiger partial charge in [-0.05, 0) is 49.6 Å². The summed E-state index contributed by atoms with van der Waals surface area (Å²) in [6.45, 7) is 0. The van der Waals surface area contributed by atoms with Gasteiger partial charge in [0.25, 0.3) is 0 Å². The highest BCUT2D eigenvalue weighted by Crippen LogP contribution is 2.37. The van der Waals surface area contributed by atoms with E-state index >= 15 is 0 Å². The van der Waals surface area contributed by atoms with E-state index in [0.717, 1.165) is 19.3 Å². The van der Waals surface area contributed by atoms with Crippen molar-refractivity contribution in [2.45, 2.75) is 24.8 Å². The predicted octanol–water partition coefficient (Wildman–Crippen LogP) is 3.51. The van der Waals surface area contributed by atoms with E-state index < -0.39 is 0 Å². The second-order valence-electron chi connectivity index (χ2n) is 4.76. The van der Waals surface area contributed by atoms with Crippen LogP contribution in [-0.2, 0) is 18.4 Å². The molecule has 2 nitrogen and oxygen atoms in total. The maximum absolute atomic E-state index is 4.52. The van der Waals surface area contributed by atoms with Crippen LogP contribution < -0.4 is 5.32 Å². The van der Waals surface area contributed by atoms with E-state index in [1.807, 2.05) is 13.2 Å². The highest BCUT2D eigenvalue weighted by molar-refractivity contribution is 9.10. The van der Waals surface area contributed by atoms with Crippen molar-refractivity contribution in [2.75, 3.05) is 7.05 Å². The lowest BCUT2D eigenvalue weighted by atomic mass is 9.78. The van der Waals surface area contributed by atoms with Gasteiger partial charge in [0.1, 0.15) is 5.01 Å². The minimum absolute atomic E-state index is 0.0228. The molecule has 94 valence electrons. The number of halogens is 1. The van der Waals surface area contributed by atoms with Crippen molar-refractivity contribution in [3.05, 3.63) is 50.4 Å². The van der Waals surface area contributed by atoms with Crippen molar-refractivity contribution in [1.82, 2.24) is 10.3 Å². The summed E-state index contributed by atoms with van der Waals surface area (Å²) in [7, 11) is 2.05. The van der Waals surface area contributed by atoms with Gasteiger partial charge in [-0.15, -0.1) is 11.3 Å². The van der Waals surface area contributed by atoms with Crippen LogP contribution in [-0.4, -0.2) is 12.0 Å². The number of fused-ring (bicyclic) bond motifs is 1. The number of hydrogen-bond donors (Lipinski definition) is 1. The van der Waals surface area contributed by atoms with Gasteiger partial charge in [-0.2, -0.15) is 0 Å². The third-order valence-electron chi connectivity index (χ3n) is 3.80. The van der Waals surface area contributed by atoms with E-state index in [1.54, 1.807) is 11.3 Å². The van der Waals surface area contributed by atoms with Crippen molar-refractivity contribution >= 4 is 27.3 Å². The summed E-state index contributed by atoms with van der Waals surface area (Å²) in [4.78, 5) is 4.52. The van der Waals surface area contributed by atoms with Crippen molar-refractivity contribution in [3.63, 3.8) is 0 Å². The first kappa shape index (κ1) is 12.3. The Labute approximate surface area is 120 Å². The molecular weight excluding hydrogens is 308 g/mol. The number of hydrogen-bond acceptors (Lipinski definition) is 3. The smallest absolute Gasteiger partial charge is 0.113 e. The first-order valence-electron chi connectivity index (χ1n) is 6.10. The van der Waals surface area contributed by atoms with Gasteiger partial charge in [-0.25, -0.2) is 4.98 Å². The van der Waals surface area contributed by atoms with Gasteiger partial charge in [-0.3, -0.25) is 0 Å². The minimum atomic E-state index is 0.0228. The lowest BCUT2D eigenvalue weighted by molar-refractivity contribution is 0.313. The van der Waals surface area contributed by atoms with Gasteiger partial charge in [0.2, 0.25) is 0 Å². The monoisotopic (exact) mass is 322 g/mol. The van der Waals surface area contributed by atoms with Crippen LogP contribution in [0.15, 0.2) is 34.2 Å². The van der Waals surface area contributed by atoms with Crippen molar-refractivity contribution < 1.29 is 0 Å². The fourth-order valence-corrected chi connectivity index (χ4v) is 4.01. The molecule has 0 aliphatic heterocycles. The Hall–Kier alpha value is -0.710. The normalized spacial score (nSPS) is 22.8. The summed E-state index contributed by atoms with van der Waals surface area (Å²) in [6.07, 6.45) is 5.14. The molecule has 1 heterocycles. The van der Waals surface area contributed by atoms with E-state index in [-0.39, 0.29) is 5.54 Å². The second-order valence-corrected chi connectivity index (χ2v) is 6.57. The molecule has 0 fully saturated rings. The Morgan fingerprint density at radius 3 is 3.00 bits per heavy atom. The first-order valence-corrected chi connectivity index (χ1v) is 7.77. The van der Waals surface area contributed by atoms with Crippen molar-refractivity contribution in [1.29, 1.82) is 0 Å². The molecule has 1 aliphatic rings. The van der Waals surface area contributed by atoms with E-state index in [1.165, 1.54) is 20.6 Å². The van der Waals surface area contributed by atoms with E-state index in [9.17, 15) is 0 Å². The molecule has 1 atom stereocenters. The molecule has 1 aliphatic carbocycles. The molecule has 18 heavy (non-hydrogen) atoms. The number of likely N-dealkylation sites (N-methyl/N-ethyl adjacent to an activating group) is 1. The number of aromatic nitrogens is 1.